The van der Waals surface area contributed by atoms with Crippen molar-refractivity contribution in [3.8, 4) is 0 Å². The fourth-order valence-electron chi connectivity index (χ4n) is 4.35. The van der Waals surface area contributed by atoms with Gasteiger partial charge in [-0.15, -0.1) is 0 Å². The predicted octanol–water partition coefficient (Wildman–Crippen LogP) is 4.33. The van der Waals surface area contributed by atoms with Gasteiger partial charge in [0.15, 0.2) is 0 Å². The first kappa shape index (κ1) is 15.2. The molecule has 0 unspecified atom stereocenters. The molecule has 1 fully saturated rings. The van der Waals surface area contributed by atoms with E-state index in [1.165, 1.54) is 17.6 Å². The highest BCUT2D eigenvalue weighted by Crippen LogP contribution is 2.42. The minimum absolute atomic E-state index is 0. The zero-order valence-electron chi connectivity index (χ0n) is 14.2. The van der Waals surface area contributed by atoms with Crippen LogP contribution < -0.4 is 0 Å². The Morgan fingerprint density at radius 1 is 1.46 bits per heavy atom. The second-order valence-electron chi connectivity index (χ2n) is 6.89. The first-order chi connectivity index (χ1) is 11.7. The number of amides is 1. The maximum atomic E-state index is 13.1. The Balaban J connectivity index is 0.00000182. The lowest BCUT2D eigenvalue weighted by atomic mass is 9.87. The molecule has 0 saturated carbocycles. The number of nitrogens with one attached hydrogen (secondary N) is 1. The second-order valence-corrected chi connectivity index (χ2v) is 6.89. The highest BCUT2D eigenvalue weighted by Gasteiger charge is 2.40. The summed E-state index contributed by atoms with van der Waals surface area (Å²) in [5.41, 5.74) is 5.46. The van der Waals surface area contributed by atoms with Gasteiger partial charge in [0.1, 0.15) is 0 Å². The summed E-state index contributed by atoms with van der Waals surface area (Å²) in [5.74, 6) is 0.644. The summed E-state index contributed by atoms with van der Waals surface area (Å²) in [7, 11) is 0. The molecule has 1 aliphatic heterocycles. The van der Waals surface area contributed by atoms with Gasteiger partial charge in [-0.2, -0.15) is 0 Å². The third kappa shape index (κ3) is 2.37. The Hall–Kier alpha value is -2.36. The number of fused-ring (bicyclic) bond motifs is 2. The van der Waals surface area contributed by atoms with Crippen LogP contribution in [0.15, 0.2) is 47.8 Å². The maximum absolute atomic E-state index is 13.1. The molecule has 4 rings (SSSR count). The number of nitrogens with zero attached hydrogens (tertiary/aromatic N) is 2. The Labute approximate surface area is 143 Å². The number of allylic oxidation sites excluding steroid dienone is 2. The standard InChI is InChI=1S/C20H23N3O.H2/c1-3-5-15-13(2)10-19-16(15)6-4-9-23(19)20(24)14-7-8-17-18(11-14)22-12-21-17;/h3,5,7-8,11-12,16,19H,4,6,9-10H2,1-2H3,(H,21,22);1H/b5-3-;/t16-,19+;/m1./s1. The molecule has 1 aliphatic carbocycles. The van der Waals surface area contributed by atoms with Crippen molar-refractivity contribution in [2.75, 3.05) is 6.54 Å². The first-order valence-corrected chi connectivity index (χ1v) is 8.75. The molecule has 1 N–H and O–H groups in total. The number of carbonyl (C=O) groups is 1. The molecule has 1 amide bonds. The molecular weight excluding hydrogens is 298 g/mol. The van der Waals surface area contributed by atoms with Gasteiger partial charge in [-0.25, -0.2) is 4.98 Å². The predicted molar refractivity (Wildman–Crippen MR) is 97.9 cm³/mol. The number of rotatable bonds is 2. The Bertz CT molecular complexity index is 851. The summed E-state index contributed by atoms with van der Waals surface area (Å²) in [4.78, 5) is 22.6. The number of hydrogen-bond acceptors (Lipinski definition) is 2. The van der Waals surface area contributed by atoms with Gasteiger partial charge in [-0.1, -0.05) is 17.7 Å². The van der Waals surface area contributed by atoms with Crippen LogP contribution in [0.1, 0.15) is 44.9 Å². The van der Waals surface area contributed by atoms with Crippen molar-refractivity contribution in [1.29, 1.82) is 0 Å². The van der Waals surface area contributed by atoms with E-state index in [2.05, 4.69) is 40.9 Å². The minimum atomic E-state index is 0. The van der Waals surface area contributed by atoms with E-state index in [0.29, 0.717) is 12.0 Å². The van der Waals surface area contributed by atoms with Gasteiger partial charge in [-0.05, 0) is 56.9 Å². The number of imidazole rings is 1. The molecule has 2 aliphatic rings. The highest BCUT2D eigenvalue weighted by molar-refractivity contribution is 5.97. The lowest BCUT2D eigenvalue weighted by molar-refractivity contribution is 0.0564. The van der Waals surface area contributed by atoms with E-state index in [9.17, 15) is 4.79 Å². The van der Waals surface area contributed by atoms with Crippen molar-refractivity contribution in [2.24, 2.45) is 5.92 Å². The number of aromatic amines is 1. The van der Waals surface area contributed by atoms with Crippen molar-refractivity contribution < 1.29 is 6.22 Å². The summed E-state index contributed by atoms with van der Waals surface area (Å²) in [6.07, 6.45) is 9.29. The molecule has 4 heteroatoms. The SMILES string of the molecule is C/C=C\C1=C(C)C[C@H]2[C@@H]1CCCN2C(=O)c1ccc2nc[nH]c2c1.[HH]. The third-order valence-electron chi connectivity index (χ3n) is 5.46. The zero-order chi connectivity index (χ0) is 16.7. The summed E-state index contributed by atoms with van der Waals surface area (Å²) in [6, 6.07) is 6.06. The molecule has 126 valence electrons. The molecule has 0 radical (unpaired) electrons. The number of hydrogen-bond donors (Lipinski definition) is 1. The van der Waals surface area contributed by atoms with E-state index in [-0.39, 0.29) is 7.33 Å². The molecule has 2 atom stereocenters. The van der Waals surface area contributed by atoms with E-state index in [0.717, 1.165) is 36.0 Å². The Kier molecular flexibility index (Phi) is 3.75. The molecule has 1 aromatic heterocycles. The molecule has 0 bridgehead atoms. The first-order valence-electron chi connectivity index (χ1n) is 8.75. The molecular formula is C20H25N3O. The molecule has 0 spiro atoms. The van der Waals surface area contributed by atoms with E-state index in [1.807, 2.05) is 18.2 Å². The maximum Gasteiger partial charge on any atom is 0.254 e. The normalized spacial score (nSPS) is 24.2. The fourth-order valence-corrected chi connectivity index (χ4v) is 4.35. The van der Waals surface area contributed by atoms with Gasteiger partial charge in [0, 0.05) is 25.5 Å². The minimum Gasteiger partial charge on any atom is -0.345 e. The molecule has 1 saturated heterocycles. The quantitative estimate of drug-likeness (QED) is 0.894. The Morgan fingerprint density at radius 2 is 2.33 bits per heavy atom. The number of likely N-dealkylation sites (tertiary alicyclic amines) is 1. The number of benzene rings is 1. The van der Waals surface area contributed by atoms with Gasteiger partial charge in [0.2, 0.25) is 0 Å². The van der Waals surface area contributed by atoms with Gasteiger partial charge in [0.25, 0.3) is 5.91 Å². The zero-order valence-corrected chi connectivity index (χ0v) is 14.2. The molecule has 2 aromatic rings. The molecule has 4 nitrogen and oxygen atoms in total. The van der Waals surface area contributed by atoms with E-state index < -0.39 is 0 Å². The lowest BCUT2D eigenvalue weighted by Gasteiger charge is -2.38. The van der Waals surface area contributed by atoms with Crippen LogP contribution in [0.2, 0.25) is 0 Å². The summed E-state index contributed by atoms with van der Waals surface area (Å²) in [5, 5.41) is 0. The van der Waals surface area contributed by atoms with Crippen molar-refractivity contribution >= 4 is 16.9 Å². The highest BCUT2D eigenvalue weighted by atomic mass is 16.2. The average Bonchev–Trinajstić information content (AvgIpc) is 3.18. The van der Waals surface area contributed by atoms with Crippen molar-refractivity contribution in [2.45, 2.75) is 39.2 Å². The molecule has 2 heterocycles. The van der Waals surface area contributed by atoms with Crippen LogP contribution >= 0.6 is 0 Å². The monoisotopic (exact) mass is 323 g/mol. The summed E-state index contributed by atoms with van der Waals surface area (Å²) in [6.45, 7) is 5.14. The van der Waals surface area contributed by atoms with Crippen molar-refractivity contribution in [3.63, 3.8) is 0 Å². The average molecular weight is 323 g/mol. The van der Waals surface area contributed by atoms with Crippen molar-refractivity contribution in [1.82, 2.24) is 14.9 Å². The van der Waals surface area contributed by atoms with Crippen LogP contribution in [0, 0.1) is 5.92 Å². The topological polar surface area (TPSA) is 49.0 Å². The van der Waals surface area contributed by atoms with Crippen LogP contribution in [0.3, 0.4) is 0 Å². The number of piperidine rings is 1. The summed E-state index contributed by atoms with van der Waals surface area (Å²) >= 11 is 0. The number of aromatic nitrogens is 2. The fraction of sp³-hybridized carbons (Fsp3) is 0.400. The Morgan fingerprint density at radius 3 is 3.17 bits per heavy atom. The van der Waals surface area contributed by atoms with Gasteiger partial charge >= 0.3 is 0 Å². The van der Waals surface area contributed by atoms with E-state index in [1.54, 1.807) is 6.33 Å². The summed E-state index contributed by atoms with van der Waals surface area (Å²) < 4.78 is 0. The van der Waals surface area contributed by atoms with Crippen LogP contribution in [0.25, 0.3) is 11.0 Å². The van der Waals surface area contributed by atoms with E-state index >= 15 is 0 Å². The largest absolute Gasteiger partial charge is 0.345 e. The van der Waals surface area contributed by atoms with Gasteiger partial charge < -0.3 is 9.88 Å². The number of H-pyrrole nitrogens is 1. The van der Waals surface area contributed by atoms with Crippen LogP contribution in [0.5, 0.6) is 0 Å². The van der Waals surface area contributed by atoms with Crippen molar-refractivity contribution in [3.05, 3.63) is 53.4 Å². The van der Waals surface area contributed by atoms with Crippen LogP contribution in [-0.2, 0) is 0 Å². The lowest BCUT2D eigenvalue weighted by Crippen LogP contribution is -2.47. The smallest absolute Gasteiger partial charge is 0.254 e. The molecule has 24 heavy (non-hydrogen) atoms. The molecule has 1 aromatic carbocycles. The van der Waals surface area contributed by atoms with Crippen LogP contribution in [0.4, 0.5) is 0 Å². The van der Waals surface area contributed by atoms with Gasteiger partial charge in [-0.3, -0.25) is 4.79 Å². The van der Waals surface area contributed by atoms with Crippen LogP contribution in [-0.4, -0.2) is 33.4 Å². The second kappa shape index (κ2) is 5.93. The third-order valence-corrected chi connectivity index (χ3v) is 5.46. The van der Waals surface area contributed by atoms with Gasteiger partial charge in [0.05, 0.1) is 17.4 Å². The number of carbonyl (C=O) groups excluding carboxylic acids is 1. The van der Waals surface area contributed by atoms with E-state index in [4.69, 9.17) is 0 Å².